The average molecular weight is 503 g/mol. The Morgan fingerprint density at radius 2 is 2.00 bits per heavy atom. The molecule has 0 bridgehead atoms. The Balaban J connectivity index is 1.47. The summed E-state index contributed by atoms with van der Waals surface area (Å²) in [5.41, 5.74) is 2.22. The first-order valence-electron chi connectivity index (χ1n) is 11.3. The zero-order chi connectivity index (χ0) is 24.1. The number of rotatable bonds is 7. The molecule has 0 aliphatic carbocycles. The Hall–Kier alpha value is -3.04. The van der Waals surface area contributed by atoms with Crippen LogP contribution in [0, 0.1) is 0 Å². The minimum absolute atomic E-state index is 0.188. The second kappa shape index (κ2) is 10.9. The third-order valence-corrected chi connectivity index (χ3v) is 6.96. The summed E-state index contributed by atoms with van der Waals surface area (Å²) in [6.07, 6.45) is 5.58. The molecule has 2 aliphatic heterocycles. The van der Waals surface area contributed by atoms with Gasteiger partial charge in [-0.2, -0.15) is 0 Å². The summed E-state index contributed by atoms with van der Waals surface area (Å²) < 4.78 is 6.00. The first-order chi connectivity index (χ1) is 16.4. The van der Waals surface area contributed by atoms with Crippen LogP contribution in [0.5, 0.6) is 0 Å². The maximum atomic E-state index is 12.6. The number of ether oxygens (including phenoxy) is 1. The molecule has 1 aromatic heterocycles. The molecule has 10 heteroatoms. The molecule has 1 aromatic carbocycles. The van der Waals surface area contributed by atoms with Gasteiger partial charge in [0.15, 0.2) is 0 Å². The van der Waals surface area contributed by atoms with Crippen molar-refractivity contribution in [3.63, 3.8) is 0 Å². The molecule has 0 radical (unpaired) electrons. The summed E-state index contributed by atoms with van der Waals surface area (Å²) in [4.78, 5) is 41.4. The number of halogens is 1. The van der Waals surface area contributed by atoms with Crippen LogP contribution in [-0.2, 0) is 9.53 Å². The largest absolute Gasteiger partial charge is 0.442 e. The lowest BCUT2D eigenvalue weighted by atomic mass is 10.1. The number of carbonyl (C=O) groups excluding carboxylic acids is 3. The number of anilines is 3. The number of thiophene rings is 1. The van der Waals surface area contributed by atoms with Gasteiger partial charge in [-0.15, -0.1) is 11.3 Å². The molecule has 8 nitrogen and oxygen atoms in total. The van der Waals surface area contributed by atoms with Crippen molar-refractivity contribution in [3.05, 3.63) is 51.7 Å². The minimum atomic E-state index is -0.491. The Bertz CT molecular complexity index is 1100. The van der Waals surface area contributed by atoms with Crippen LogP contribution in [0.15, 0.2) is 42.5 Å². The van der Waals surface area contributed by atoms with Crippen LogP contribution in [0.25, 0.3) is 0 Å². The second-order valence-corrected chi connectivity index (χ2v) is 9.88. The Morgan fingerprint density at radius 1 is 1.21 bits per heavy atom. The Labute approximate surface area is 207 Å². The van der Waals surface area contributed by atoms with Crippen LogP contribution in [0.1, 0.15) is 35.9 Å². The molecule has 2 N–H and O–H groups in total. The highest BCUT2D eigenvalue weighted by molar-refractivity contribution is 7.18. The van der Waals surface area contributed by atoms with Crippen molar-refractivity contribution in [1.82, 2.24) is 5.32 Å². The summed E-state index contributed by atoms with van der Waals surface area (Å²) >= 11 is 7.08. The van der Waals surface area contributed by atoms with Gasteiger partial charge in [0.2, 0.25) is 5.91 Å². The van der Waals surface area contributed by atoms with E-state index in [9.17, 15) is 14.4 Å². The lowest BCUT2D eigenvalue weighted by molar-refractivity contribution is -0.111. The molecule has 4 rings (SSSR count). The first kappa shape index (κ1) is 24.1. The number of nitrogens with one attached hydrogen (secondary N) is 2. The molecule has 2 saturated heterocycles. The van der Waals surface area contributed by atoms with Gasteiger partial charge in [-0.05, 0) is 62.6 Å². The maximum Gasteiger partial charge on any atom is 0.414 e. The number of cyclic esters (lactones) is 1. The van der Waals surface area contributed by atoms with Crippen molar-refractivity contribution in [2.24, 2.45) is 0 Å². The van der Waals surface area contributed by atoms with Crippen molar-refractivity contribution in [1.29, 1.82) is 0 Å². The van der Waals surface area contributed by atoms with Crippen molar-refractivity contribution in [3.8, 4) is 0 Å². The van der Waals surface area contributed by atoms with Gasteiger partial charge >= 0.3 is 6.09 Å². The van der Waals surface area contributed by atoms with Gasteiger partial charge in [0.05, 0.1) is 33.7 Å². The topological polar surface area (TPSA) is 91.0 Å². The number of hydrogen-bond acceptors (Lipinski definition) is 6. The van der Waals surface area contributed by atoms with Crippen LogP contribution in [0.2, 0.25) is 4.34 Å². The average Bonchev–Trinajstić information content (AvgIpc) is 3.43. The first-order valence-corrected chi connectivity index (χ1v) is 12.5. The molecule has 3 amide bonds. The van der Waals surface area contributed by atoms with Crippen molar-refractivity contribution >= 4 is 57.9 Å². The smallest absolute Gasteiger partial charge is 0.414 e. The molecule has 0 saturated carbocycles. The van der Waals surface area contributed by atoms with Crippen molar-refractivity contribution in [2.45, 2.75) is 32.3 Å². The number of benzene rings is 1. The number of piperidine rings is 1. The summed E-state index contributed by atoms with van der Waals surface area (Å²) in [7, 11) is 0. The predicted octanol–water partition coefficient (Wildman–Crippen LogP) is 4.66. The normalized spacial score (nSPS) is 18.3. The van der Waals surface area contributed by atoms with Crippen LogP contribution < -0.4 is 20.4 Å². The molecule has 3 heterocycles. The van der Waals surface area contributed by atoms with E-state index in [1.807, 2.05) is 12.1 Å². The summed E-state index contributed by atoms with van der Waals surface area (Å²) in [5, 5.41) is 5.73. The molecule has 2 aliphatic rings. The third kappa shape index (κ3) is 5.71. The Kier molecular flexibility index (Phi) is 7.74. The molecule has 1 atom stereocenters. The van der Waals surface area contributed by atoms with E-state index in [2.05, 4.69) is 15.5 Å². The van der Waals surface area contributed by atoms with Gasteiger partial charge in [-0.1, -0.05) is 17.7 Å². The van der Waals surface area contributed by atoms with Crippen molar-refractivity contribution < 1.29 is 19.1 Å². The highest BCUT2D eigenvalue weighted by Crippen LogP contribution is 2.34. The Morgan fingerprint density at radius 3 is 2.71 bits per heavy atom. The van der Waals surface area contributed by atoms with E-state index in [0.717, 1.165) is 31.6 Å². The van der Waals surface area contributed by atoms with Gasteiger partial charge in [-0.25, -0.2) is 4.79 Å². The molecule has 1 unspecified atom stereocenters. The molecule has 180 valence electrons. The lowest BCUT2D eigenvalue weighted by Gasteiger charge is -2.31. The summed E-state index contributed by atoms with van der Waals surface area (Å²) in [5.74, 6) is -0.484. The fourth-order valence-electron chi connectivity index (χ4n) is 4.10. The molecule has 2 aromatic rings. The van der Waals surface area contributed by atoms with Crippen LogP contribution in [-0.4, -0.2) is 50.2 Å². The van der Waals surface area contributed by atoms with Crippen LogP contribution in [0.4, 0.5) is 21.9 Å². The third-order valence-electron chi connectivity index (χ3n) is 5.73. The molecule has 2 fully saturated rings. The second-order valence-electron chi connectivity index (χ2n) is 8.17. The van der Waals surface area contributed by atoms with Gasteiger partial charge < -0.3 is 20.3 Å². The van der Waals surface area contributed by atoms with E-state index in [1.54, 1.807) is 31.2 Å². The molecule has 34 heavy (non-hydrogen) atoms. The molecule has 0 spiro atoms. The number of amides is 3. The minimum Gasteiger partial charge on any atom is -0.442 e. The number of carbonyl (C=O) groups is 3. The number of hydrogen-bond donors (Lipinski definition) is 2. The van der Waals surface area contributed by atoms with Gasteiger partial charge in [-0.3, -0.25) is 14.5 Å². The fourth-order valence-corrected chi connectivity index (χ4v) is 5.06. The van der Waals surface area contributed by atoms with Gasteiger partial charge in [0, 0.05) is 18.8 Å². The van der Waals surface area contributed by atoms with E-state index >= 15 is 0 Å². The number of allylic oxidation sites excluding steroid dienone is 1. The quantitative estimate of drug-likeness (QED) is 0.537. The van der Waals surface area contributed by atoms with Crippen LogP contribution >= 0.6 is 22.9 Å². The molecular weight excluding hydrogens is 476 g/mol. The van der Waals surface area contributed by atoms with Crippen molar-refractivity contribution in [2.75, 3.05) is 41.3 Å². The van der Waals surface area contributed by atoms with E-state index in [4.69, 9.17) is 16.3 Å². The monoisotopic (exact) mass is 502 g/mol. The summed E-state index contributed by atoms with van der Waals surface area (Å²) in [6.45, 7) is 4.11. The van der Waals surface area contributed by atoms with Gasteiger partial charge in [0.25, 0.3) is 5.91 Å². The molecular formula is C24H27ClN4O4S. The van der Waals surface area contributed by atoms with E-state index in [1.165, 1.54) is 28.7 Å². The van der Waals surface area contributed by atoms with E-state index in [0.29, 0.717) is 20.6 Å². The highest BCUT2D eigenvalue weighted by Gasteiger charge is 2.33. The summed E-state index contributed by atoms with van der Waals surface area (Å²) in [6, 6.07) is 8.93. The maximum absolute atomic E-state index is 12.6. The predicted molar refractivity (Wildman–Crippen MR) is 135 cm³/mol. The SMILES string of the molecule is CC=CC(=O)Nc1cc(N2CC(CNC(=O)c3ccc(Cl)s3)OC2=O)ccc1N1CCCCC1. The zero-order valence-corrected chi connectivity index (χ0v) is 20.5. The lowest BCUT2D eigenvalue weighted by Crippen LogP contribution is -2.34. The van der Waals surface area contributed by atoms with Crippen LogP contribution in [0.3, 0.4) is 0 Å². The van der Waals surface area contributed by atoms with E-state index < -0.39 is 12.2 Å². The number of nitrogens with zero attached hydrogens (tertiary/aromatic N) is 2. The standard InChI is InChI=1S/C24H27ClN4O4S/c1-2-6-22(30)27-18-13-16(7-8-19(18)28-11-4-3-5-12-28)29-15-17(33-24(29)32)14-26-23(31)20-9-10-21(25)34-20/h2,6-10,13,17H,3-5,11-12,14-15H2,1H3,(H,26,31)(H,27,30). The van der Waals surface area contributed by atoms with Gasteiger partial charge in [0.1, 0.15) is 6.10 Å². The zero-order valence-electron chi connectivity index (χ0n) is 18.9. The highest BCUT2D eigenvalue weighted by atomic mass is 35.5. The fraction of sp³-hybridized carbons (Fsp3) is 0.375. The van der Waals surface area contributed by atoms with E-state index in [-0.39, 0.29) is 24.9 Å².